The quantitative estimate of drug-likeness (QED) is 0.773. The lowest BCUT2D eigenvalue weighted by atomic mass is 9.78. The molecule has 1 rings (SSSR count). The number of halogens is 2. The molecule has 0 aromatic heterocycles. The zero-order valence-electron chi connectivity index (χ0n) is 13.3. The van der Waals surface area contributed by atoms with Gasteiger partial charge in [-0.3, -0.25) is 0 Å². The summed E-state index contributed by atoms with van der Waals surface area (Å²) >= 11 is 5.86. The Morgan fingerprint density at radius 3 is 2.45 bits per heavy atom. The van der Waals surface area contributed by atoms with E-state index in [2.05, 4.69) is 39.9 Å². The lowest BCUT2D eigenvalue weighted by Gasteiger charge is -2.31. The van der Waals surface area contributed by atoms with Crippen molar-refractivity contribution in [3.8, 4) is 0 Å². The van der Waals surface area contributed by atoms with Crippen molar-refractivity contribution in [2.45, 2.75) is 53.5 Å². The molecule has 20 heavy (non-hydrogen) atoms. The molecule has 1 aromatic carbocycles. The van der Waals surface area contributed by atoms with Gasteiger partial charge in [0.1, 0.15) is 5.82 Å². The van der Waals surface area contributed by atoms with Gasteiger partial charge in [-0.05, 0) is 48.4 Å². The average Bonchev–Trinajstić information content (AvgIpc) is 2.33. The molecule has 2 unspecified atom stereocenters. The van der Waals surface area contributed by atoms with Crippen molar-refractivity contribution in [2.75, 3.05) is 6.54 Å². The van der Waals surface area contributed by atoms with Gasteiger partial charge in [-0.25, -0.2) is 4.39 Å². The molecule has 0 fully saturated rings. The van der Waals surface area contributed by atoms with Gasteiger partial charge < -0.3 is 5.32 Å². The van der Waals surface area contributed by atoms with Gasteiger partial charge in [0.15, 0.2) is 0 Å². The van der Waals surface area contributed by atoms with Crippen LogP contribution in [0.15, 0.2) is 18.2 Å². The Kier molecular flexibility index (Phi) is 6.47. The average molecular weight is 300 g/mol. The normalized spacial score (nSPS) is 15.2. The van der Waals surface area contributed by atoms with Crippen LogP contribution in [0.4, 0.5) is 4.39 Å². The summed E-state index contributed by atoms with van der Waals surface area (Å²) in [6, 6.07) is 5.42. The third-order valence-electron chi connectivity index (χ3n) is 4.08. The minimum absolute atomic E-state index is 0.210. The maximum Gasteiger partial charge on any atom is 0.141 e. The lowest BCUT2D eigenvalue weighted by Crippen LogP contribution is -2.35. The molecule has 0 spiro atoms. The fraction of sp³-hybridized carbons (Fsp3) is 0.647. The molecule has 0 heterocycles. The maximum absolute atomic E-state index is 13.2. The number of rotatable bonds is 6. The summed E-state index contributed by atoms with van der Waals surface area (Å²) < 4.78 is 13.2. The summed E-state index contributed by atoms with van der Waals surface area (Å²) in [5.74, 6) is 0.265. The van der Waals surface area contributed by atoms with Crippen molar-refractivity contribution in [2.24, 2.45) is 11.3 Å². The highest BCUT2D eigenvalue weighted by Gasteiger charge is 2.23. The predicted molar refractivity (Wildman–Crippen MR) is 85.8 cm³/mol. The Labute approximate surface area is 127 Å². The Morgan fingerprint density at radius 1 is 1.30 bits per heavy atom. The summed E-state index contributed by atoms with van der Waals surface area (Å²) in [7, 11) is 0. The van der Waals surface area contributed by atoms with Crippen LogP contribution in [0.25, 0.3) is 0 Å². The fourth-order valence-corrected chi connectivity index (χ4v) is 2.46. The van der Waals surface area contributed by atoms with Gasteiger partial charge in [-0.1, -0.05) is 52.3 Å². The van der Waals surface area contributed by atoms with E-state index in [9.17, 15) is 4.39 Å². The molecule has 0 bridgehead atoms. The highest BCUT2D eigenvalue weighted by atomic mass is 35.5. The number of hydrogen-bond acceptors (Lipinski definition) is 1. The van der Waals surface area contributed by atoms with E-state index in [4.69, 9.17) is 11.6 Å². The van der Waals surface area contributed by atoms with Crippen LogP contribution in [-0.2, 0) is 6.42 Å². The van der Waals surface area contributed by atoms with Crippen molar-refractivity contribution in [3.05, 3.63) is 34.6 Å². The monoisotopic (exact) mass is 299 g/mol. The van der Waals surface area contributed by atoms with Gasteiger partial charge in [-0.15, -0.1) is 0 Å². The molecule has 0 amide bonds. The molecule has 0 aliphatic carbocycles. The Hall–Kier alpha value is -0.600. The van der Waals surface area contributed by atoms with Crippen LogP contribution in [0, 0.1) is 17.2 Å². The van der Waals surface area contributed by atoms with Crippen LogP contribution >= 0.6 is 11.6 Å². The van der Waals surface area contributed by atoms with Crippen LogP contribution in [-0.4, -0.2) is 12.6 Å². The van der Waals surface area contributed by atoms with E-state index < -0.39 is 0 Å². The van der Waals surface area contributed by atoms with Gasteiger partial charge in [0.2, 0.25) is 0 Å². The summed E-state index contributed by atoms with van der Waals surface area (Å²) in [5, 5.41) is 3.74. The second-order valence-corrected chi connectivity index (χ2v) is 7.12. The van der Waals surface area contributed by atoms with Gasteiger partial charge in [-0.2, -0.15) is 0 Å². The zero-order chi connectivity index (χ0) is 15.3. The van der Waals surface area contributed by atoms with Crippen molar-refractivity contribution < 1.29 is 4.39 Å². The molecular weight excluding hydrogens is 273 g/mol. The molecule has 0 aliphatic rings. The zero-order valence-corrected chi connectivity index (χ0v) is 14.0. The Balaban J connectivity index is 2.73. The lowest BCUT2D eigenvalue weighted by molar-refractivity contribution is 0.222. The van der Waals surface area contributed by atoms with Gasteiger partial charge in [0.25, 0.3) is 0 Å². The SMILES string of the molecule is CCNC(Cc1ccc(F)c(Cl)c1)CC(C)C(C)(C)C. The second kappa shape index (κ2) is 7.42. The molecule has 3 heteroatoms. The van der Waals surface area contributed by atoms with Crippen LogP contribution in [0.3, 0.4) is 0 Å². The smallest absolute Gasteiger partial charge is 0.141 e. The van der Waals surface area contributed by atoms with E-state index in [0.717, 1.165) is 24.9 Å². The highest BCUT2D eigenvalue weighted by molar-refractivity contribution is 6.30. The van der Waals surface area contributed by atoms with Gasteiger partial charge >= 0.3 is 0 Å². The van der Waals surface area contributed by atoms with E-state index in [1.54, 1.807) is 6.07 Å². The first-order valence-corrected chi connectivity index (χ1v) is 7.79. The topological polar surface area (TPSA) is 12.0 Å². The third kappa shape index (κ3) is 5.41. The molecule has 0 aliphatic heterocycles. The first-order chi connectivity index (χ1) is 9.24. The molecule has 114 valence electrons. The minimum Gasteiger partial charge on any atom is -0.314 e. The highest BCUT2D eigenvalue weighted by Crippen LogP contribution is 2.30. The molecule has 0 radical (unpaired) electrons. The minimum atomic E-state index is -0.349. The Morgan fingerprint density at radius 2 is 1.95 bits per heavy atom. The van der Waals surface area contributed by atoms with Crippen LogP contribution in [0.1, 0.15) is 46.6 Å². The molecule has 1 nitrogen and oxygen atoms in total. The van der Waals surface area contributed by atoms with Crippen LogP contribution in [0.5, 0.6) is 0 Å². The molecule has 0 saturated carbocycles. The maximum atomic E-state index is 13.2. The van der Waals surface area contributed by atoms with E-state index in [1.165, 1.54) is 6.07 Å². The number of hydrogen-bond donors (Lipinski definition) is 1. The van der Waals surface area contributed by atoms with E-state index in [-0.39, 0.29) is 10.8 Å². The summed E-state index contributed by atoms with van der Waals surface area (Å²) in [6.07, 6.45) is 1.99. The molecular formula is C17H27ClFN. The number of likely N-dealkylation sites (N-methyl/N-ethyl adjacent to an activating group) is 1. The van der Waals surface area contributed by atoms with E-state index >= 15 is 0 Å². The van der Waals surface area contributed by atoms with E-state index in [1.807, 2.05) is 6.07 Å². The van der Waals surface area contributed by atoms with Crippen molar-refractivity contribution in [3.63, 3.8) is 0 Å². The van der Waals surface area contributed by atoms with Gasteiger partial charge in [0.05, 0.1) is 5.02 Å². The summed E-state index contributed by atoms with van der Waals surface area (Å²) in [5.41, 5.74) is 1.39. The summed E-state index contributed by atoms with van der Waals surface area (Å²) in [4.78, 5) is 0. The summed E-state index contributed by atoms with van der Waals surface area (Å²) in [6.45, 7) is 12.2. The third-order valence-corrected chi connectivity index (χ3v) is 4.37. The van der Waals surface area contributed by atoms with Crippen LogP contribution < -0.4 is 5.32 Å². The van der Waals surface area contributed by atoms with Gasteiger partial charge in [0, 0.05) is 6.04 Å². The number of benzene rings is 1. The molecule has 2 atom stereocenters. The second-order valence-electron chi connectivity index (χ2n) is 6.71. The standard InChI is InChI=1S/C17H27ClFN/c1-6-20-14(9-12(2)17(3,4)5)10-13-7-8-16(19)15(18)11-13/h7-8,11-12,14,20H,6,9-10H2,1-5H3. The molecule has 1 N–H and O–H groups in total. The largest absolute Gasteiger partial charge is 0.314 e. The van der Waals surface area contributed by atoms with E-state index in [0.29, 0.717) is 17.4 Å². The van der Waals surface area contributed by atoms with Crippen LogP contribution in [0.2, 0.25) is 5.02 Å². The molecule has 1 aromatic rings. The number of nitrogens with one attached hydrogen (secondary N) is 1. The predicted octanol–water partition coefficient (Wildman–Crippen LogP) is 5.07. The van der Waals surface area contributed by atoms with Crippen molar-refractivity contribution >= 4 is 11.6 Å². The Bertz CT molecular complexity index is 425. The van der Waals surface area contributed by atoms with Crippen molar-refractivity contribution in [1.82, 2.24) is 5.32 Å². The first kappa shape index (κ1) is 17.5. The van der Waals surface area contributed by atoms with Crippen molar-refractivity contribution in [1.29, 1.82) is 0 Å². The fourth-order valence-electron chi connectivity index (χ4n) is 2.26. The molecule has 0 saturated heterocycles. The first-order valence-electron chi connectivity index (χ1n) is 7.41.